The van der Waals surface area contributed by atoms with Crippen molar-refractivity contribution in [3.05, 3.63) is 41.8 Å². The summed E-state index contributed by atoms with van der Waals surface area (Å²) in [5.74, 6) is 1.47. The second kappa shape index (κ2) is 18.8. The molecule has 278 valence electrons. The SMILES string of the molecule is COCCOCCOCCOc1nn(C2CCC(N3C4CCC3COC4)CC2)cc1Nc1ncc(-c2ccc(Cl)c(O[C@@H](C)CN=CN)c2)cn1. The van der Waals surface area contributed by atoms with E-state index in [1.54, 1.807) is 25.6 Å². The lowest BCUT2D eigenvalue weighted by Crippen LogP contribution is -2.52. The number of rotatable bonds is 19. The molecule has 51 heavy (non-hydrogen) atoms. The van der Waals surface area contributed by atoms with Crippen molar-refractivity contribution in [2.45, 2.75) is 75.7 Å². The number of nitrogens with one attached hydrogen (secondary N) is 1. The minimum atomic E-state index is -0.195. The molecular formula is C36H51ClN8O6. The lowest BCUT2D eigenvalue weighted by molar-refractivity contribution is -0.0458. The number of fused-ring (bicyclic) bond motifs is 2. The molecule has 1 aromatic carbocycles. The highest BCUT2D eigenvalue weighted by Crippen LogP contribution is 2.39. The average molecular weight is 727 g/mol. The van der Waals surface area contributed by atoms with Crippen LogP contribution in [0.5, 0.6) is 11.6 Å². The average Bonchev–Trinajstić information content (AvgIpc) is 3.66. The van der Waals surface area contributed by atoms with Gasteiger partial charge >= 0.3 is 0 Å². The van der Waals surface area contributed by atoms with Crippen LogP contribution in [0, 0.1) is 0 Å². The lowest BCUT2D eigenvalue weighted by atomic mass is 9.89. The standard InChI is InChI=1S/C36H51ClN8O6/c1-25(18-39-24-38)51-34-17-26(3-10-32(34)37)27-19-40-36(41-20-27)42-33-21-44(43-35(33)50-16-15-48-14-13-47-12-11-46-2)28-4-6-29(7-5-28)45-30-8-9-31(45)23-49-22-30/h3,10,17,19-21,24-25,28-31H,4-9,11-16,18,22-23H2,1-2H3,(H2,38,39)(H,40,41,42)/t25-,28?,29?,30?,31?/m0/s1. The monoisotopic (exact) mass is 726 g/mol. The number of methoxy groups -OCH3 is 1. The summed E-state index contributed by atoms with van der Waals surface area (Å²) in [7, 11) is 1.65. The van der Waals surface area contributed by atoms with Gasteiger partial charge in [-0.05, 0) is 63.1 Å². The third-order valence-electron chi connectivity index (χ3n) is 9.69. The fraction of sp³-hybridized carbons (Fsp3) is 0.611. The largest absolute Gasteiger partial charge is 0.487 e. The summed E-state index contributed by atoms with van der Waals surface area (Å²) in [5.41, 5.74) is 7.77. The highest BCUT2D eigenvalue weighted by Gasteiger charge is 2.42. The molecule has 1 aliphatic carbocycles. The van der Waals surface area contributed by atoms with Crippen molar-refractivity contribution in [1.82, 2.24) is 24.6 Å². The van der Waals surface area contributed by atoms with Crippen LogP contribution in [0.1, 0.15) is 51.5 Å². The molecule has 4 heterocycles. The Kier molecular flexibility index (Phi) is 13.7. The number of aliphatic imine (C=N–C) groups is 1. The fourth-order valence-corrected chi connectivity index (χ4v) is 7.35. The number of hydrogen-bond donors (Lipinski definition) is 2. The van der Waals surface area contributed by atoms with Crippen LogP contribution in [0.3, 0.4) is 0 Å². The first-order valence-electron chi connectivity index (χ1n) is 18.0. The first-order chi connectivity index (χ1) is 25.0. The molecule has 6 rings (SSSR count). The van der Waals surface area contributed by atoms with Crippen molar-refractivity contribution >= 4 is 29.6 Å². The fourth-order valence-electron chi connectivity index (χ4n) is 7.19. The molecule has 3 atom stereocenters. The van der Waals surface area contributed by atoms with E-state index in [0.29, 0.717) is 92.6 Å². The van der Waals surface area contributed by atoms with Gasteiger partial charge in [-0.1, -0.05) is 17.7 Å². The maximum Gasteiger partial charge on any atom is 0.257 e. The van der Waals surface area contributed by atoms with Crippen LogP contribution in [0.25, 0.3) is 11.1 Å². The second-order valence-electron chi connectivity index (χ2n) is 13.2. The number of aromatic nitrogens is 4. The van der Waals surface area contributed by atoms with Gasteiger partial charge in [0.15, 0.2) is 0 Å². The molecule has 2 saturated heterocycles. The van der Waals surface area contributed by atoms with Gasteiger partial charge in [-0.15, -0.1) is 5.10 Å². The number of morpholine rings is 1. The van der Waals surface area contributed by atoms with Crippen LogP contribution in [-0.4, -0.2) is 122 Å². The zero-order valence-electron chi connectivity index (χ0n) is 29.6. The van der Waals surface area contributed by atoms with E-state index in [1.165, 1.54) is 19.2 Å². The summed E-state index contributed by atoms with van der Waals surface area (Å²) in [5, 5.41) is 8.76. The zero-order chi connectivity index (χ0) is 35.4. The quantitative estimate of drug-likeness (QED) is 0.0982. The molecule has 3 aromatic rings. The Balaban J connectivity index is 1.09. The van der Waals surface area contributed by atoms with Gasteiger partial charge < -0.3 is 39.5 Å². The van der Waals surface area contributed by atoms with Gasteiger partial charge in [0.1, 0.15) is 24.1 Å². The van der Waals surface area contributed by atoms with E-state index in [-0.39, 0.29) is 12.1 Å². The Hall–Kier alpha value is -3.53. The minimum Gasteiger partial charge on any atom is -0.487 e. The summed E-state index contributed by atoms with van der Waals surface area (Å²) < 4.78 is 36.2. The smallest absolute Gasteiger partial charge is 0.257 e. The normalized spacial score (nSPS) is 22.7. The predicted molar refractivity (Wildman–Crippen MR) is 195 cm³/mol. The molecule has 0 radical (unpaired) electrons. The first kappa shape index (κ1) is 37.2. The Bertz CT molecular complexity index is 1520. The summed E-state index contributed by atoms with van der Waals surface area (Å²) in [6, 6.07) is 7.64. The first-order valence-corrected chi connectivity index (χ1v) is 18.4. The van der Waals surface area contributed by atoms with E-state index in [1.807, 2.05) is 25.3 Å². The van der Waals surface area contributed by atoms with E-state index in [0.717, 1.165) is 50.0 Å². The third kappa shape index (κ3) is 10.1. The molecule has 14 nitrogen and oxygen atoms in total. The van der Waals surface area contributed by atoms with Crippen molar-refractivity contribution in [3.63, 3.8) is 0 Å². The van der Waals surface area contributed by atoms with E-state index in [9.17, 15) is 0 Å². The van der Waals surface area contributed by atoms with Gasteiger partial charge in [0.05, 0.1) is 76.4 Å². The van der Waals surface area contributed by atoms with Crippen molar-refractivity contribution in [2.75, 3.05) is 71.8 Å². The van der Waals surface area contributed by atoms with Crippen LogP contribution >= 0.6 is 11.6 Å². The Labute approximate surface area is 304 Å². The summed E-state index contributed by atoms with van der Waals surface area (Å²) >= 11 is 6.42. The maximum absolute atomic E-state index is 6.42. The predicted octanol–water partition coefficient (Wildman–Crippen LogP) is 4.90. The van der Waals surface area contributed by atoms with Crippen LogP contribution in [0.2, 0.25) is 5.02 Å². The van der Waals surface area contributed by atoms with Crippen molar-refractivity contribution in [3.8, 4) is 22.8 Å². The van der Waals surface area contributed by atoms with E-state index >= 15 is 0 Å². The minimum absolute atomic E-state index is 0.195. The topological polar surface area (TPSA) is 153 Å². The van der Waals surface area contributed by atoms with Crippen molar-refractivity contribution < 1.29 is 28.4 Å². The van der Waals surface area contributed by atoms with Crippen LogP contribution in [0.15, 0.2) is 41.8 Å². The Morgan fingerprint density at radius 2 is 1.61 bits per heavy atom. The van der Waals surface area contributed by atoms with Crippen LogP contribution in [-0.2, 0) is 18.9 Å². The number of benzene rings is 1. The van der Waals surface area contributed by atoms with Crippen LogP contribution in [0.4, 0.5) is 11.6 Å². The second-order valence-corrected chi connectivity index (χ2v) is 13.6. The van der Waals surface area contributed by atoms with Gasteiger partial charge in [0, 0.05) is 43.2 Å². The number of nitrogens with zero attached hydrogens (tertiary/aromatic N) is 6. The zero-order valence-corrected chi connectivity index (χ0v) is 30.4. The summed E-state index contributed by atoms with van der Waals surface area (Å²) in [6.45, 7) is 6.91. The molecule has 2 aliphatic heterocycles. The van der Waals surface area contributed by atoms with E-state index < -0.39 is 0 Å². The van der Waals surface area contributed by atoms with E-state index in [2.05, 4.69) is 29.9 Å². The molecule has 3 aliphatic rings. The van der Waals surface area contributed by atoms with Crippen LogP contribution < -0.4 is 20.5 Å². The maximum atomic E-state index is 6.42. The van der Waals surface area contributed by atoms with Gasteiger partial charge in [0.2, 0.25) is 5.95 Å². The highest BCUT2D eigenvalue weighted by molar-refractivity contribution is 6.32. The number of nitrogens with two attached hydrogens (primary N) is 1. The molecular weight excluding hydrogens is 676 g/mol. The molecule has 2 aromatic heterocycles. The van der Waals surface area contributed by atoms with E-state index in [4.69, 9.17) is 50.9 Å². The molecule has 2 unspecified atom stereocenters. The summed E-state index contributed by atoms with van der Waals surface area (Å²) in [6.07, 6.45) is 13.5. The number of hydrogen-bond acceptors (Lipinski definition) is 12. The van der Waals surface area contributed by atoms with Gasteiger partial charge in [-0.2, -0.15) is 0 Å². The van der Waals surface area contributed by atoms with Gasteiger partial charge in [-0.3, -0.25) is 14.6 Å². The third-order valence-corrected chi connectivity index (χ3v) is 10.00. The van der Waals surface area contributed by atoms with Crippen molar-refractivity contribution in [1.29, 1.82) is 0 Å². The van der Waals surface area contributed by atoms with Crippen molar-refractivity contribution in [2.24, 2.45) is 10.7 Å². The Morgan fingerprint density at radius 1 is 0.941 bits per heavy atom. The molecule has 15 heteroatoms. The molecule has 2 bridgehead atoms. The van der Waals surface area contributed by atoms with Gasteiger partial charge in [0.25, 0.3) is 5.88 Å². The molecule has 1 saturated carbocycles. The number of halogens is 1. The highest BCUT2D eigenvalue weighted by atomic mass is 35.5. The Morgan fingerprint density at radius 3 is 2.31 bits per heavy atom. The molecule has 0 spiro atoms. The molecule has 3 N–H and O–H groups in total. The summed E-state index contributed by atoms with van der Waals surface area (Å²) in [4.78, 5) is 16.0. The molecule has 3 fully saturated rings. The number of anilines is 2. The molecule has 0 amide bonds. The number of ether oxygens (including phenoxy) is 6. The van der Waals surface area contributed by atoms with Gasteiger partial charge in [-0.25, -0.2) is 9.97 Å². The lowest BCUT2D eigenvalue weighted by Gasteiger charge is -2.43.